The fourth-order valence-corrected chi connectivity index (χ4v) is 2.78. The maximum Gasteiger partial charge on any atom is 0.420 e. The summed E-state index contributed by atoms with van der Waals surface area (Å²) in [6, 6.07) is 0.436. The lowest BCUT2D eigenvalue weighted by Crippen LogP contribution is -2.61. The van der Waals surface area contributed by atoms with Crippen LogP contribution in [0, 0.1) is 17.6 Å². The van der Waals surface area contributed by atoms with Crippen molar-refractivity contribution in [2.24, 2.45) is 5.92 Å². The zero-order valence-electron chi connectivity index (χ0n) is 11.2. The van der Waals surface area contributed by atoms with E-state index in [4.69, 9.17) is 0 Å². The lowest BCUT2D eigenvalue weighted by atomic mass is 9.77. The van der Waals surface area contributed by atoms with E-state index in [0.717, 1.165) is 6.07 Å². The molecule has 3 rings (SSSR count). The molecule has 1 aromatic rings. The van der Waals surface area contributed by atoms with Gasteiger partial charge in [-0.3, -0.25) is 0 Å². The van der Waals surface area contributed by atoms with Crippen LogP contribution in [0.1, 0.15) is 18.4 Å². The lowest BCUT2D eigenvalue weighted by Gasteiger charge is -2.42. The first-order chi connectivity index (χ1) is 10.2. The van der Waals surface area contributed by atoms with Crippen molar-refractivity contribution >= 4 is 11.7 Å². The molecule has 0 bridgehead atoms. The molecule has 0 spiro atoms. The summed E-state index contributed by atoms with van der Waals surface area (Å²) in [5, 5.41) is 3.81. The number of carbonyl (C=O) groups excluding carboxylic acids is 1. The highest BCUT2D eigenvalue weighted by molar-refractivity contribution is 5.94. The van der Waals surface area contributed by atoms with E-state index < -0.39 is 46.5 Å². The van der Waals surface area contributed by atoms with Crippen LogP contribution < -0.4 is 10.6 Å². The average Bonchev–Trinajstić information content (AvgIpc) is 3.24. The van der Waals surface area contributed by atoms with Gasteiger partial charge in [0.1, 0.15) is 0 Å². The first-order valence-electron chi connectivity index (χ1n) is 6.52. The van der Waals surface area contributed by atoms with Gasteiger partial charge in [0, 0.05) is 0 Å². The van der Waals surface area contributed by atoms with Crippen LogP contribution in [0.4, 0.5) is 32.4 Å². The summed E-state index contributed by atoms with van der Waals surface area (Å²) in [7, 11) is 0. The number of amides is 2. The first-order valence-corrected chi connectivity index (χ1v) is 6.52. The van der Waals surface area contributed by atoms with Gasteiger partial charge in [-0.2, -0.15) is 13.2 Å². The second-order valence-corrected chi connectivity index (χ2v) is 5.41. The van der Waals surface area contributed by atoms with Crippen LogP contribution in [0.2, 0.25) is 0 Å². The highest BCUT2D eigenvalue weighted by Crippen LogP contribution is 2.55. The Labute approximate surface area is 122 Å². The standard InChI is InChI=1S/C14H11F5N2O/c1-6(7-2-3-7)13(14(17,18)19)10-9(20-12(22)21-13)5-4-8(15)11(10)16/h4-5,7H,1-3H2,(H2,20,21,22). The van der Waals surface area contributed by atoms with E-state index >= 15 is 0 Å². The van der Waals surface area contributed by atoms with Crippen LogP contribution >= 0.6 is 0 Å². The topological polar surface area (TPSA) is 41.1 Å². The van der Waals surface area contributed by atoms with Gasteiger partial charge in [-0.1, -0.05) is 6.58 Å². The molecular formula is C14H11F5N2O. The zero-order chi connectivity index (χ0) is 16.3. The van der Waals surface area contributed by atoms with E-state index in [0.29, 0.717) is 18.9 Å². The molecule has 1 aromatic carbocycles. The maximum absolute atomic E-state index is 14.2. The quantitative estimate of drug-likeness (QED) is 0.631. The highest BCUT2D eigenvalue weighted by Gasteiger charge is 2.64. The summed E-state index contributed by atoms with van der Waals surface area (Å²) in [5.41, 5.74) is -4.89. The van der Waals surface area contributed by atoms with Gasteiger partial charge >= 0.3 is 12.2 Å². The van der Waals surface area contributed by atoms with Crippen LogP contribution in [-0.4, -0.2) is 12.2 Å². The molecule has 1 unspecified atom stereocenters. The summed E-state index contributed by atoms with van der Waals surface area (Å²) < 4.78 is 69.1. The molecule has 1 heterocycles. The SMILES string of the molecule is C=C(C1CC1)C1(C(F)(F)F)NC(=O)Nc2ccc(F)c(F)c21. The second-order valence-electron chi connectivity index (χ2n) is 5.41. The van der Waals surface area contributed by atoms with Gasteiger partial charge in [0.25, 0.3) is 0 Å². The van der Waals surface area contributed by atoms with E-state index in [-0.39, 0.29) is 5.57 Å². The van der Waals surface area contributed by atoms with Crippen LogP contribution in [0.5, 0.6) is 0 Å². The Bertz CT molecular complexity index is 681. The molecule has 2 N–H and O–H groups in total. The van der Waals surface area contributed by atoms with Crippen molar-refractivity contribution in [1.82, 2.24) is 5.32 Å². The third kappa shape index (κ3) is 1.89. The van der Waals surface area contributed by atoms with Crippen molar-refractivity contribution in [2.75, 3.05) is 5.32 Å². The van der Waals surface area contributed by atoms with E-state index in [2.05, 4.69) is 11.9 Å². The van der Waals surface area contributed by atoms with Gasteiger partial charge < -0.3 is 10.6 Å². The predicted octanol–water partition coefficient (Wildman–Crippen LogP) is 3.82. The van der Waals surface area contributed by atoms with Crippen LogP contribution in [0.15, 0.2) is 24.3 Å². The van der Waals surface area contributed by atoms with Crippen LogP contribution in [0.25, 0.3) is 0 Å². The largest absolute Gasteiger partial charge is 0.420 e. The van der Waals surface area contributed by atoms with Gasteiger partial charge in [0.15, 0.2) is 17.2 Å². The number of halogens is 5. The number of rotatable bonds is 2. The predicted molar refractivity (Wildman–Crippen MR) is 68.1 cm³/mol. The van der Waals surface area contributed by atoms with Gasteiger partial charge in [0.05, 0.1) is 11.3 Å². The Morgan fingerprint density at radius 2 is 1.91 bits per heavy atom. The van der Waals surface area contributed by atoms with Crippen LogP contribution in [0.3, 0.4) is 0 Å². The highest BCUT2D eigenvalue weighted by atomic mass is 19.4. The third-order valence-corrected chi connectivity index (χ3v) is 4.00. The Balaban J connectivity index is 2.33. The number of hydrogen-bond acceptors (Lipinski definition) is 1. The van der Waals surface area contributed by atoms with Crippen molar-refractivity contribution < 1.29 is 26.7 Å². The monoisotopic (exact) mass is 318 g/mol. The molecule has 0 radical (unpaired) electrons. The third-order valence-electron chi connectivity index (χ3n) is 4.00. The van der Waals surface area contributed by atoms with Crippen molar-refractivity contribution in [1.29, 1.82) is 0 Å². The molecule has 0 saturated heterocycles. The summed E-state index contributed by atoms with van der Waals surface area (Å²) in [6.07, 6.45) is -4.13. The smallest absolute Gasteiger partial charge is 0.316 e. The molecule has 8 heteroatoms. The molecule has 1 fully saturated rings. The molecule has 22 heavy (non-hydrogen) atoms. The summed E-state index contributed by atoms with van der Waals surface area (Å²) in [6.45, 7) is 3.43. The van der Waals surface area contributed by atoms with E-state index in [1.54, 1.807) is 5.32 Å². The van der Waals surface area contributed by atoms with E-state index in [1.807, 2.05) is 0 Å². The molecule has 3 nitrogen and oxygen atoms in total. The maximum atomic E-state index is 14.2. The minimum absolute atomic E-state index is 0.374. The summed E-state index contributed by atoms with van der Waals surface area (Å²) >= 11 is 0. The average molecular weight is 318 g/mol. The molecule has 0 aromatic heterocycles. The van der Waals surface area contributed by atoms with E-state index in [9.17, 15) is 26.7 Å². The lowest BCUT2D eigenvalue weighted by molar-refractivity contribution is -0.187. The molecule has 1 atom stereocenters. The molecule has 1 saturated carbocycles. The summed E-state index contributed by atoms with van der Waals surface area (Å²) in [4.78, 5) is 11.7. The molecular weight excluding hydrogens is 307 g/mol. The van der Waals surface area contributed by atoms with Gasteiger partial charge in [-0.05, 0) is 36.5 Å². The fraction of sp³-hybridized carbons (Fsp3) is 0.357. The minimum Gasteiger partial charge on any atom is -0.316 e. The Hall–Kier alpha value is -2.12. The number of anilines is 1. The first kappa shape index (κ1) is 14.8. The molecule has 2 aliphatic rings. The van der Waals surface area contributed by atoms with Gasteiger partial charge in [0.2, 0.25) is 0 Å². The zero-order valence-corrected chi connectivity index (χ0v) is 11.2. The molecule has 2 amide bonds. The number of benzene rings is 1. The van der Waals surface area contributed by atoms with E-state index in [1.165, 1.54) is 0 Å². The Morgan fingerprint density at radius 3 is 2.45 bits per heavy atom. The normalized spacial score (nSPS) is 24.3. The minimum atomic E-state index is -5.06. The Morgan fingerprint density at radius 1 is 1.27 bits per heavy atom. The molecule has 1 aliphatic heterocycles. The number of urea groups is 1. The second kappa shape index (κ2) is 4.44. The fourth-order valence-electron chi connectivity index (χ4n) is 2.78. The van der Waals surface area contributed by atoms with Crippen molar-refractivity contribution in [3.63, 3.8) is 0 Å². The van der Waals surface area contributed by atoms with Crippen LogP contribution in [-0.2, 0) is 5.54 Å². The number of carbonyl (C=O) groups is 1. The number of hydrogen-bond donors (Lipinski definition) is 2. The molecule has 118 valence electrons. The number of nitrogens with one attached hydrogen (secondary N) is 2. The van der Waals surface area contributed by atoms with Gasteiger partial charge in [-0.15, -0.1) is 0 Å². The van der Waals surface area contributed by atoms with Crippen molar-refractivity contribution in [2.45, 2.75) is 24.6 Å². The van der Waals surface area contributed by atoms with Gasteiger partial charge in [-0.25, -0.2) is 13.6 Å². The summed E-state index contributed by atoms with van der Waals surface area (Å²) in [5.74, 6) is -3.56. The number of fused-ring (bicyclic) bond motifs is 1. The van der Waals surface area contributed by atoms with Crippen molar-refractivity contribution in [3.8, 4) is 0 Å². The van der Waals surface area contributed by atoms with Crippen molar-refractivity contribution in [3.05, 3.63) is 41.5 Å². The Kier molecular flexibility index (Phi) is 2.99. The number of alkyl halides is 3. The molecule has 1 aliphatic carbocycles.